The van der Waals surface area contributed by atoms with Crippen LogP contribution in [0.3, 0.4) is 0 Å². The molecule has 0 radical (unpaired) electrons. The highest BCUT2D eigenvalue weighted by molar-refractivity contribution is 8.18. The summed E-state index contributed by atoms with van der Waals surface area (Å²) >= 11 is 13.2. The fraction of sp³-hybridized carbons (Fsp3) is 0.120. The third kappa shape index (κ3) is 5.64. The number of halogens is 2. The van der Waals surface area contributed by atoms with Gasteiger partial charge >= 0.3 is 0 Å². The van der Waals surface area contributed by atoms with E-state index < -0.39 is 16.1 Å². The molecule has 1 aliphatic rings. The molecule has 0 aliphatic carbocycles. The number of ether oxygens (including phenoxy) is 2. The van der Waals surface area contributed by atoms with Crippen LogP contribution in [0.25, 0.3) is 6.08 Å². The lowest BCUT2D eigenvalue weighted by molar-refractivity contribution is -0.384. The van der Waals surface area contributed by atoms with Crippen LogP contribution in [0.5, 0.6) is 11.5 Å². The third-order valence-electron chi connectivity index (χ3n) is 5.25. The highest BCUT2D eigenvalue weighted by Gasteiger charge is 2.35. The van der Waals surface area contributed by atoms with Crippen LogP contribution in [0.15, 0.2) is 65.6 Å². The van der Waals surface area contributed by atoms with Crippen LogP contribution in [0.1, 0.15) is 16.7 Å². The first-order valence-corrected chi connectivity index (χ1v) is 12.1. The molecular weight excluding hydrogens is 527 g/mol. The van der Waals surface area contributed by atoms with Crippen molar-refractivity contribution in [3.8, 4) is 11.5 Å². The molecule has 0 unspecified atom stereocenters. The second-order valence-electron chi connectivity index (χ2n) is 7.59. The Bertz CT molecular complexity index is 1370. The zero-order valence-corrected chi connectivity index (χ0v) is 21.1. The van der Waals surface area contributed by atoms with E-state index >= 15 is 0 Å². The number of nitro benzene ring substituents is 1. The van der Waals surface area contributed by atoms with Gasteiger partial charge in [-0.15, -0.1) is 0 Å². The van der Waals surface area contributed by atoms with Gasteiger partial charge in [0.25, 0.3) is 16.8 Å². The molecule has 1 aliphatic heterocycles. The molecule has 0 spiro atoms. The molecule has 0 saturated carbocycles. The zero-order valence-electron chi connectivity index (χ0n) is 18.8. The van der Waals surface area contributed by atoms with E-state index in [1.54, 1.807) is 54.6 Å². The summed E-state index contributed by atoms with van der Waals surface area (Å²) in [5.74, 6) is 0.366. The number of benzene rings is 3. The molecule has 3 aromatic carbocycles. The SMILES string of the molecule is COc1cc(C=C2SC(=O)N(Cc3c(Cl)cccc3Cl)C2=O)ccc1OCc1cccc([N+](=O)[O-])c1. The van der Waals surface area contributed by atoms with Crippen LogP contribution in [0.4, 0.5) is 10.5 Å². The lowest BCUT2D eigenvalue weighted by atomic mass is 10.1. The molecule has 1 fully saturated rings. The zero-order chi connectivity index (χ0) is 25.8. The summed E-state index contributed by atoms with van der Waals surface area (Å²) in [7, 11) is 1.47. The molecule has 2 amide bonds. The van der Waals surface area contributed by atoms with Crippen LogP contribution < -0.4 is 9.47 Å². The van der Waals surface area contributed by atoms with E-state index in [4.69, 9.17) is 32.7 Å². The number of nitro groups is 1. The number of carbonyl (C=O) groups is 2. The molecule has 0 N–H and O–H groups in total. The summed E-state index contributed by atoms with van der Waals surface area (Å²) in [5.41, 5.74) is 1.72. The molecule has 11 heteroatoms. The lowest BCUT2D eigenvalue weighted by Gasteiger charge is -2.14. The quantitative estimate of drug-likeness (QED) is 0.176. The van der Waals surface area contributed by atoms with E-state index in [-0.39, 0.29) is 23.7 Å². The van der Waals surface area contributed by atoms with E-state index in [2.05, 4.69) is 0 Å². The predicted molar refractivity (Wildman–Crippen MR) is 138 cm³/mol. The number of rotatable bonds is 8. The molecule has 0 atom stereocenters. The van der Waals surface area contributed by atoms with Gasteiger partial charge in [-0.3, -0.25) is 24.6 Å². The van der Waals surface area contributed by atoms with E-state index in [0.29, 0.717) is 38.2 Å². The molecule has 8 nitrogen and oxygen atoms in total. The lowest BCUT2D eigenvalue weighted by Crippen LogP contribution is -2.27. The number of nitrogens with zero attached hydrogens (tertiary/aromatic N) is 2. The minimum atomic E-state index is -0.469. The highest BCUT2D eigenvalue weighted by atomic mass is 35.5. The maximum Gasteiger partial charge on any atom is 0.293 e. The summed E-state index contributed by atoms with van der Waals surface area (Å²) in [5, 5.41) is 11.3. The van der Waals surface area contributed by atoms with E-state index in [0.717, 1.165) is 16.7 Å². The van der Waals surface area contributed by atoms with Gasteiger partial charge in [0.15, 0.2) is 11.5 Å². The third-order valence-corrected chi connectivity index (χ3v) is 6.87. The fourth-order valence-electron chi connectivity index (χ4n) is 3.44. The number of amides is 2. The normalized spacial score (nSPS) is 14.4. The molecule has 0 bridgehead atoms. The second-order valence-corrected chi connectivity index (χ2v) is 9.40. The van der Waals surface area contributed by atoms with Crippen LogP contribution in [0.2, 0.25) is 10.0 Å². The van der Waals surface area contributed by atoms with Gasteiger partial charge in [0.05, 0.1) is 23.5 Å². The van der Waals surface area contributed by atoms with Crippen molar-refractivity contribution >= 4 is 57.9 Å². The number of thioether (sulfide) groups is 1. The minimum Gasteiger partial charge on any atom is -0.493 e. The monoisotopic (exact) mass is 544 g/mol. The van der Waals surface area contributed by atoms with Gasteiger partial charge in [0.1, 0.15) is 6.61 Å². The summed E-state index contributed by atoms with van der Waals surface area (Å²) in [6, 6.07) is 16.2. The molecule has 4 rings (SSSR count). The van der Waals surface area contributed by atoms with Crippen molar-refractivity contribution in [1.29, 1.82) is 0 Å². The fourth-order valence-corrected chi connectivity index (χ4v) is 4.80. The summed E-state index contributed by atoms with van der Waals surface area (Å²) in [6.45, 7) is 0.0646. The van der Waals surface area contributed by atoms with Gasteiger partial charge in [-0.25, -0.2) is 0 Å². The van der Waals surface area contributed by atoms with Gasteiger partial charge in [-0.1, -0.05) is 47.5 Å². The Morgan fingerprint density at radius 1 is 1.03 bits per heavy atom. The number of hydrogen-bond donors (Lipinski definition) is 0. The minimum absolute atomic E-state index is 0.0239. The summed E-state index contributed by atoms with van der Waals surface area (Å²) in [6.07, 6.45) is 1.59. The Labute approximate surface area is 220 Å². The Kier molecular flexibility index (Phi) is 7.83. The van der Waals surface area contributed by atoms with Crippen LogP contribution >= 0.6 is 35.0 Å². The molecule has 3 aromatic rings. The molecule has 0 aromatic heterocycles. The number of non-ortho nitro benzene ring substituents is 1. The van der Waals surface area contributed by atoms with Crippen molar-refractivity contribution in [2.75, 3.05) is 7.11 Å². The van der Waals surface area contributed by atoms with Gasteiger partial charge in [0.2, 0.25) is 0 Å². The Balaban J connectivity index is 1.50. The van der Waals surface area contributed by atoms with Gasteiger partial charge in [-0.05, 0) is 53.2 Å². The van der Waals surface area contributed by atoms with Crippen molar-refractivity contribution < 1.29 is 24.0 Å². The standard InChI is InChI=1S/C25H18Cl2N2O6S/c1-34-22-11-15(8-9-21(22)35-14-16-4-2-5-17(10-16)29(32)33)12-23-24(30)28(25(31)36-23)13-18-19(26)6-3-7-20(18)27/h2-12H,13-14H2,1H3. The van der Waals surface area contributed by atoms with Crippen LogP contribution in [-0.2, 0) is 17.9 Å². The Morgan fingerprint density at radius 3 is 2.44 bits per heavy atom. The number of imide groups is 1. The first-order chi connectivity index (χ1) is 17.3. The van der Waals surface area contributed by atoms with Crippen molar-refractivity contribution in [2.24, 2.45) is 0 Å². The largest absolute Gasteiger partial charge is 0.493 e. The maximum absolute atomic E-state index is 12.9. The van der Waals surface area contributed by atoms with E-state index in [1.807, 2.05) is 0 Å². The molecule has 1 heterocycles. The number of methoxy groups -OCH3 is 1. The van der Waals surface area contributed by atoms with Crippen LogP contribution in [0, 0.1) is 10.1 Å². The van der Waals surface area contributed by atoms with Crippen molar-refractivity contribution in [1.82, 2.24) is 4.90 Å². The Hall–Kier alpha value is -3.53. The average molecular weight is 545 g/mol. The summed E-state index contributed by atoms with van der Waals surface area (Å²) < 4.78 is 11.2. The first kappa shape index (κ1) is 25.6. The summed E-state index contributed by atoms with van der Waals surface area (Å²) in [4.78, 5) is 37.3. The first-order valence-electron chi connectivity index (χ1n) is 10.5. The van der Waals surface area contributed by atoms with Gasteiger partial charge in [-0.2, -0.15) is 0 Å². The van der Waals surface area contributed by atoms with Crippen molar-refractivity contribution in [2.45, 2.75) is 13.2 Å². The van der Waals surface area contributed by atoms with Crippen LogP contribution in [-0.4, -0.2) is 28.1 Å². The predicted octanol–water partition coefficient (Wildman–Crippen LogP) is 6.73. The topological polar surface area (TPSA) is 99.0 Å². The van der Waals surface area contributed by atoms with E-state index in [1.165, 1.54) is 19.2 Å². The highest BCUT2D eigenvalue weighted by Crippen LogP contribution is 2.37. The molecule has 1 saturated heterocycles. The van der Waals surface area contributed by atoms with Gasteiger partial charge in [0, 0.05) is 27.7 Å². The van der Waals surface area contributed by atoms with Gasteiger partial charge < -0.3 is 9.47 Å². The number of hydrogen-bond acceptors (Lipinski definition) is 7. The second kappa shape index (κ2) is 11.0. The van der Waals surface area contributed by atoms with Crippen molar-refractivity contribution in [3.63, 3.8) is 0 Å². The molecule has 36 heavy (non-hydrogen) atoms. The number of carbonyl (C=O) groups excluding carboxylic acids is 2. The van der Waals surface area contributed by atoms with Crippen molar-refractivity contribution in [3.05, 3.63) is 102 Å². The molecule has 184 valence electrons. The molecular formula is C25H18Cl2N2O6S. The Morgan fingerprint density at radius 2 is 1.75 bits per heavy atom. The van der Waals surface area contributed by atoms with E-state index in [9.17, 15) is 19.7 Å². The smallest absolute Gasteiger partial charge is 0.293 e. The maximum atomic E-state index is 12.9. The average Bonchev–Trinajstić information content (AvgIpc) is 3.12.